The van der Waals surface area contributed by atoms with Gasteiger partial charge >= 0.3 is 11.9 Å². The van der Waals surface area contributed by atoms with E-state index in [9.17, 15) is 14.4 Å². The molecule has 0 saturated heterocycles. The highest BCUT2D eigenvalue weighted by molar-refractivity contribution is 7.99. The number of pyridine rings is 1. The van der Waals surface area contributed by atoms with Crippen molar-refractivity contribution in [2.75, 3.05) is 24.3 Å². The van der Waals surface area contributed by atoms with Crippen molar-refractivity contribution in [3.63, 3.8) is 0 Å². The number of esters is 2. The molecule has 168 valence electrons. The number of aromatic amines is 1. The van der Waals surface area contributed by atoms with E-state index in [1.54, 1.807) is 39.1 Å². The number of nitrogens with zero attached hydrogens (tertiary/aromatic N) is 3. The highest BCUT2D eigenvalue weighted by atomic mass is 32.2. The number of hydrogen-bond donors (Lipinski definition) is 2. The SMILES string of the molecule is CCOC(=O)c1sc(NC(=O)CSc2n[nH]c(-c3ccccn3)n2)c(C(=O)OCC)c1C. The molecule has 3 aromatic heterocycles. The van der Waals surface area contributed by atoms with Crippen molar-refractivity contribution in [2.45, 2.75) is 25.9 Å². The van der Waals surface area contributed by atoms with Crippen molar-refractivity contribution in [1.29, 1.82) is 0 Å². The van der Waals surface area contributed by atoms with Crippen LogP contribution in [-0.4, -0.2) is 57.0 Å². The maximum atomic E-state index is 12.5. The third kappa shape index (κ3) is 5.51. The Bertz CT molecular complexity index is 1110. The van der Waals surface area contributed by atoms with Crippen LogP contribution < -0.4 is 5.32 Å². The van der Waals surface area contributed by atoms with Crippen molar-refractivity contribution in [3.05, 3.63) is 40.4 Å². The second-order valence-corrected chi connectivity index (χ2v) is 8.18. The molecule has 0 aromatic carbocycles. The Kier molecular flexibility index (Phi) is 7.95. The topological polar surface area (TPSA) is 136 Å². The molecule has 0 aliphatic rings. The van der Waals surface area contributed by atoms with Crippen molar-refractivity contribution >= 4 is 45.9 Å². The van der Waals surface area contributed by atoms with Gasteiger partial charge in [-0.05, 0) is 38.5 Å². The smallest absolute Gasteiger partial charge is 0.348 e. The van der Waals surface area contributed by atoms with E-state index in [0.717, 1.165) is 23.1 Å². The van der Waals surface area contributed by atoms with Gasteiger partial charge in [0.2, 0.25) is 11.1 Å². The van der Waals surface area contributed by atoms with Gasteiger partial charge in [-0.3, -0.25) is 14.9 Å². The van der Waals surface area contributed by atoms with Gasteiger partial charge in [0.15, 0.2) is 5.82 Å². The van der Waals surface area contributed by atoms with Crippen LogP contribution in [0.5, 0.6) is 0 Å². The molecular weight excluding hydrogens is 454 g/mol. The van der Waals surface area contributed by atoms with Crippen LogP contribution in [0.3, 0.4) is 0 Å². The molecule has 3 rings (SSSR count). The fourth-order valence-electron chi connectivity index (χ4n) is 2.66. The zero-order valence-electron chi connectivity index (χ0n) is 17.6. The third-order valence-electron chi connectivity index (χ3n) is 4.04. The summed E-state index contributed by atoms with van der Waals surface area (Å²) in [4.78, 5) is 45.9. The molecule has 3 heterocycles. The molecule has 32 heavy (non-hydrogen) atoms. The molecule has 0 saturated carbocycles. The van der Waals surface area contributed by atoms with E-state index in [2.05, 4.69) is 25.5 Å². The number of thiophene rings is 1. The Morgan fingerprint density at radius 2 is 1.91 bits per heavy atom. The number of H-pyrrole nitrogens is 1. The van der Waals surface area contributed by atoms with E-state index < -0.39 is 11.9 Å². The standard InChI is InChI=1S/C20H21N5O5S2/c1-4-29-18(27)14-11(3)15(19(28)30-5-2)32-17(14)22-13(26)10-31-20-23-16(24-25-20)12-8-6-7-9-21-12/h6-9H,4-5,10H2,1-3H3,(H,22,26)(H,23,24,25). The molecule has 0 aliphatic carbocycles. The molecule has 3 aromatic rings. The summed E-state index contributed by atoms with van der Waals surface area (Å²) < 4.78 is 10.1. The Morgan fingerprint density at radius 1 is 1.16 bits per heavy atom. The first-order valence-corrected chi connectivity index (χ1v) is 11.5. The lowest BCUT2D eigenvalue weighted by atomic mass is 10.1. The molecule has 2 N–H and O–H groups in total. The first-order chi connectivity index (χ1) is 15.4. The molecule has 0 aliphatic heterocycles. The number of nitrogens with one attached hydrogen (secondary N) is 2. The number of carbonyl (C=O) groups is 3. The molecule has 10 nitrogen and oxygen atoms in total. The predicted molar refractivity (Wildman–Crippen MR) is 120 cm³/mol. The second-order valence-electron chi connectivity index (χ2n) is 6.22. The fraction of sp³-hybridized carbons (Fsp3) is 0.300. The summed E-state index contributed by atoms with van der Waals surface area (Å²) in [7, 11) is 0. The number of carbonyl (C=O) groups excluding carboxylic acids is 3. The normalized spacial score (nSPS) is 10.6. The summed E-state index contributed by atoms with van der Waals surface area (Å²) >= 11 is 2.09. The Labute approximate surface area is 192 Å². The largest absolute Gasteiger partial charge is 0.462 e. The van der Waals surface area contributed by atoms with E-state index >= 15 is 0 Å². The molecule has 1 amide bonds. The summed E-state index contributed by atoms with van der Waals surface area (Å²) in [5, 5.41) is 10.2. The first kappa shape index (κ1) is 23.4. The molecular formula is C20H21N5O5S2. The van der Waals surface area contributed by atoms with Gasteiger partial charge in [0.05, 0.1) is 24.5 Å². The first-order valence-electron chi connectivity index (χ1n) is 9.68. The minimum Gasteiger partial charge on any atom is -0.462 e. The molecule has 12 heteroatoms. The van der Waals surface area contributed by atoms with E-state index in [4.69, 9.17) is 9.47 Å². The minimum absolute atomic E-state index is 0.00648. The number of ether oxygens (including phenoxy) is 2. The van der Waals surface area contributed by atoms with Crippen LogP contribution >= 0.6 is 23.1 Å². The monoisotopic (exact) mass is 475 g/mol. The number of thioether (sulfide) groups is 1. The number of rotatable bonds is 9. The molecule has 0 radical (unpaired) electrons. The van der Waals surface area contributed by atoms with E-state index in [-0.39, 0.29) is 40.3 Å². The van der Waals surface area contributed by atoms with Crippen molar-refractivity contribution in [1.82, 2.24) is 20.2 Å². The molecule has 0 spiro atoms. The highest BCUT2D eigenvalue weighted by Crippen LogP contribution is 2.34. The predicted octanol–water partition coefficient (Wildman–Crippen LogP) is 3.32. The van der Waals surface area contributed by atoms with Crippen LogP contribution in [0.15, 0.2) is 29.6 Å². The zero-order valence-corrected chi connectivity index (χ0v) is 19.3. The maximum Gasteiger partial charge on any atom is 0.348 e. The van der Waals surface area contributed by atoms with E-state index in [1.165, 1.54) is 0 Å². The summed E-state index contributed by atoms with van der Waals surface area (Å²) in [5.74, 6) is -1.08. The maximum absolute atomic E-state index is 12.5. The van der Waals surface area contributed by atoms with Crippen LogP contribution in [0.25, 0.3) is 11.5 Å². The second kappa shape index (κ2) is 10.9. The van der Waals surface area contributed by atoms with Crippen LogP contribution in [0.2, 0.25) is 0 Å². The highest BCUT2D eigenvalue weighted by Gasteiger charge is 2.27. The Morgan fingerprint density at radius 3 is 2.59 bits per heavy atom. The van der Waals surface area contributed by atoms with Gasteiger partial charge in [-0.1, -0.05) is 17.8 Å². The van der Waals surface area contributed by atoms with Crippen molar-refractivity contribution < 1.29 is 23.9 Å². The molecule has 0 unspecified atom stereocenters. The van der Waals surface area contributed by atoms with Crippen LogP contribution in [0.1, 0.15) is 39.4 Å². The third-order valence-corrected chi connectivity index (χ3v) is 6.08. The molecule has 0 fully saturated rings. The van der Waals surface area contributed by atoms with Gasteiger partial charge in [-0.25, -0.2) is 9.59 Å². The lowest BCUT2D eigenvalue weighted by Crippen LogP contribution is -2.16. The average Bonchev–Trinajstić information content (AvgIpc) is 3.38. The van der Waals surface area contributed by atoms with Crippen LogP contribution in [0, 0.1) is 6.92 Å². The van der Waals surface area contributed by atoms with Gasteiger partial charge < -0.3 is 14.8 Å². The van der Waals surface area contributed by atoms with Gasteiger partial charge in [0.1, 0.15) is 15.6 Å². The van der Waals surface area contributed by atoms with Gasteiger partial charge in [-0.2, -0.15) is 4.98 Å². The van der Waals surface area contributed by atoms with Gasteiger partial charge in [-0.15, -0.1) is 16.4 Å². The number of hydrogen-bond acceptors (Lipinski definition) is 10. The quantitative estimate of drug-likeness (QED) is 0.353. The summed E-state index contributed by atoms with van der Waals surface area (Å²) in [6.45, 7) is 5.34. The summed E-state index contributed by atoms with van der Waals surface area (Å²) in [6.07, 6.45) is 1.65. The minimum atomic E-state index is -0.617. The average molecular weight is 476 g/mol. The van der Waals surface area contributed by atoms with Crippen molar-refractivity contribution in [2.24, 2.45) is 0 Å². The van der Waals surface area contributed by atoms with E-state index in [0.29, 0.717) is 22.2 Å². The summed E-state index contributed by atoms with van der Waals surface area (Å²) in [6, 6.07) is 5.42. The molecule has 0 bridgehead atoms. The molecule has 0 atom stereocenters. The Balaban J connectivity index is 1.71. The number of anilines is 1. The van der Waals surface area contributed by atoms with E-state index in [1.807, 2.05) is 6.07 Å². The van der Waals surface area contributed by atoms with Gasteiger partial charge in [0.25, 0.3) is 0 Å². The lowest BCUT2D eigenvalue weighted by Gasteiger charge is -2.06. The Hall–Kier alpha value is -3.25. The number of aromatic nitrogens is 4. The lowest BCUT2D eigenvalue weighted by molar-refractivity contribution is -0.113. The zero-order chi connectivity index (χ0) is 23.1. The van der Waals surface area contributed by atoms with Gasteiger partial charge in [0, 0.05) is 6.20 Å². The summed E-state index contributed by atoms with van der Waals surface area (Å²) in [5.41, 5.74) is 1.19. The van der Waals surface area contributed by atoms with Crippen LogP contribution in [0.4, 0.5) is 5.00 Å². The fourth-order valence-corrected chi connectivity index (χ4v) is 4.37. The van der Waals surface area contributed by atoms with Crippen LogP contribution in [-0.2, 0) is 14.3 Å². The number of amides is 1. The van der Waals surface area contributed by atoms with Crippen molar-refractivity contribution in [3.8, 4) is 11.5 Å².